The molecular weight excluding hydrogens is 335 g/mol. The Balaban J connectivity index is 1.42. The summed E-state index contributed by atoms with van der Waals surface area (Å²) in [6.45, 7) is 6.02. The van der Waals surface area contributed by atoms with E-state index < -0.39 is 0 Å². The number of benzene rings is 2. The summed E-state index contributed by atoms with van der Waals surface area (Å²) in [7, 11) is 0. The van der Waals surface area contributed by atoms with Crippen LogP contribution in [0.25, 0.3) is 0 Å². The fourth-order valence-electron chi connectivity index (χ4n) is 3.06. The van der Waals surface area contributed by atoms with Crippen LogP contribution < -0.4 is 4.90 Å². The van der Waals surface area contributed by atoms with E-state index in [-0.39, 0.29) is 11.9 Å². The van der Waals surface area contributed by atoms with Crippen molar-refractivity contribution in [3.05, 3.63) is 59.9 Å². The summed E-state index contributed by atoms with van der Waals surface area (Å²) >= 11 is 1.69. The third kappa shape index (κ3) is 5.21. The molecule has 1 aliphatic heterocycles. The van der Waals surface area contributed by atoms with E-state index in [4.69, 9.17) is 0 Å². The summed E-state index contributed by atoms with van der Waals surface area (Å²) in [6, 6.07) is 15.3. The first-order valence-corrected chi connectivity index (χ1v) is 9.70. The predicted molar refractivity (Wildman–Crippen MR) is 103 cm³/mol. The first kappa shape index (κ1) is 18.2. The van der Waals surface area contributed by atoms with Gasteiger partial charge in [-0.1, -0.05) is 29.8 Å². The van der Waals surface area contributed by atoms with Crippen molar-refractivity contribution < 1.29 is 9.50 Å². The molecule has 0 aromatic heterocycles. The molecule has 3 rings (SSSR count). The normalized spacial score (nSPS) is 16.8. The maximum atomic E-state index is 13.9. The molecule has 0 unspecified atom stereocenters. The summed E-state index contributed by atoms with van der Waals surface area (Å²) in [4.78, 5) is 5.53. The predicted octanol–water partition coefficient (Wildman–Crippen LogP) is 3.41. The summed E-state index contributed by atoms with van der Waals surface area (Å²) in [6.07, 6.45) is -0.355. The molecule has 0 aliphatic carbocycles. The van der Waals surface area contributed by atoms with Crippen molar-refractivity contribution in [3.8, 4) is 0 Å². The fraction of sp³-hybridized carbons (Fsp3) is 0.400. The minimum atomic E-state index is -0.355. The third-order valence-electron chi connectivity index (χ3n) is 4.50. The van der Waals surface area contributed by atoms with Crippen LogP contribution in [0.2, 0.25) is 0 Å². The number of nitrogens with zero attached hydrogens (tertiary/aromatic N) is 2. The second-order valence-corrected chi connectivity index (χ2v) is 7.61. The lowest BCUT2D eigenvalue weighted by Gasteiger charge is -2.37. The van der Waals surface area contributed by atoms with Crippen molar-refractivity contribution in [3.63, 3.8) is 0 Å². The molecule has 1 N–H and O–H groups in total. The molecule has 2 aromatic rings. The number of aryl methyl sites for hydroxylation is 1. The lowest BCUT2D eigenvalue weighted by molar-refractivity contribution is 0.126. The second-order valence-electron chi connectivity index (χ2n) is 6.52. The Labute approximate surface area is 153 Å². The van der Waals surface area contributed by atoms with Crippen LogP contribution in [0.5, 0.6) is 0 Å². The van der Waals surface area contributed by atoms with Crippen LogP contribution in [0.4, 0.5) is 10.1 Å². The molecule has 0 saturated carbocycles. The number of aliphatic hydroxyl groups is 1. The maximum Gasteiger partial charge on any atom is 0.146 e. The molecule has 0 radical (unpaired) electrons. The number of anilines is 1. The Bertz CT molecular complexity index is 672. The smallest absolute Gasteiger partial charge is 0.146 e. The molecule has 1 aliphatic rings. The molecule has 2 aromatic carbocycles. The van der Waals surface area contributed by atoms with Gasteiger partial charge in [0.1, 0.15) is 5.82 Å². The largest absolute Gasteiger partial charge is 0.391 e. The van der Waals surface area contributed by atoms with Crippen molar-refractivity contribution >= 4 is 17.4 Å². The Kier molecular flexibility index (Phi) is 6.34. The van der Waals surface area contributed by atoms with Gasteiger partial charge in [-0.25, -0.2) is 4.39 Å². The summed E-state index contributed by atoms with van der Waals surface area (Å²) in [5.74, 6) is 0.529. The van der Waals surface area contributed by atoms with Gasteiger partial charge in [0.2, 0.25) is 0 Å². The SMILES string of the molecule is Cc1ccc(SC[C@@H](O)CN2CCN(c3ccccc3F)CC2)cc1. The van der Waals surface area contributed by atoms with Gasteiger partial charge in [-0.15, -0.1) is 11.8 Å². The molecule has 1 atom stereocenters. The molecule has 3 nitrogen and oxygen atoms in total. The average molecular weight is 360 g/mol. The number of halogens is 1. The van der Waals surface area contributed by atoms with E-state index >= 15 is 0 Å². The quantitative estimate of drug-likeness (QED) is 0.799. The molecule has 1 heterocycles. The summed E-state index contributed by atoms with van der Waals surface area (Å²) in [5, 5.41) is 10.3. The number of aliphatic hydroxyl groups excluding tert-OH is 1. The molecule has 0 bridgehead atoms. The Morgan fingerprint density at radius 3 is 2.40 bits per heavy atom. The first-order chi connectivity index (χ1) is 12.1. The summed E-state index contributed by atoms with van der Waals surface area (Å²) in [5.41, 5.74) is 1.93. The van der Waals surface area contributed by atoms with Gasteiger partial charge in [0.15, 0.2) is 0 Å². The van der Waals surface area contributed by atoms with Crippen molar-refractivity contribution in [2.24, 2.45) is 0 Å². The highest BCUT2D eigenvalue weighted by Crippen LogP contribution is 2.21. The van der Waals surface area contributed by atoms with Crippen LogP contribution >= 0.6 is 11.8 Å². The minimum absolute atomic E-state index is 0.162. The van der Waals surface area contributed by atoms with Crippen LogP contribution in [0.3, 0.4) is 0 Å². The number of para-hydroxylation sites is 1. The standard InChI is InChI=1S/C20H25FN2OS/c1-16-6-8-18(9-7-16)25-15-17(24)14-22-10-12-23(13-11-22)20-5-3-2-4-19(20)21/h2-9,17,24H,10-15H2,1H3/t17-/m0/s1. The van der Waals surface area contributed by atoms with E-state index in [0.717, 1.165) is 26.2 Å². The molecule has 25 heavy (non-hydrogen) atoms. The number of β-amino-alcohol motifs (C(OH)–C–C–N with tert-alkyl or cyclic N) is 1. The fourth-order valence-corrected chi connectivity index (χ4v) is 3.88. The van der Waals surface area contributed by atoms with E-state index in [2.05, 4.69) is 41.0 Å². The van der Waals surface area contributed by atoms with Gasteiger partial charge in [-0.3, -0.25) is 4.90 Å². The average Bonchev–Trinajstić information content (AvgIpc) is 2.62. The Hall–Kier alpha value is -1.56. The van der Waals surface area contributed by atoms with Gasteiger partial charge in [0.25, 0.3) is 0 Å². The van der Waals surface area contributed by atoms with Gasteiger partial charge in [-0.2, -0.15) is 0 Å². The maximum absolute atomic E-state index is 13.9. The highest BCUT2D eigenvalue weighted by Gasteiger charge is 2.21. The Morgan fingerprint density at radius 1 is 1.04 bits per heavy atom. The lowest BCUT2D eigenvalue weighted by atomic mass is 10.2. The molecule has 5 heteroatoms. The van der Waals surface area contributed by atoms with Crippen LogP contribution in [0.1, 0.15) is 5.56 Å². The topological polar surface area (TPSA) is 26.7 Å². The first-order valence-electron chi connectivity index (χ1n) is 8.71. The molecule has 0 amide bonds. The van der Waals surface area contributed by atoms with Crippen molar-refractivity contribution in [2.45, 2.75) is 17.9 Å². The lowest BCUT2D eigenvalue weighted by Crippen LogP contribution is -2.49. The Morgan fingerprint density at radius 2 is 1.72 bits per heavy atom. The molecule has 1 fully saturated rings. The zero-order chi connectivity index (χ0) is 17.6. The van der Waals surface area contributed by atoms with Crippen LogP contribution in [-0.4, -0.2) is 54.6 Å². The van der Waals surface area contributed by atoms with E-state index in [1.807, 2.05) is 12.1 Å². The number of thioether (sulfide) groups is 1. The monoisotopic (exact) mass is 360 g/mol. The molecule has 134 valence electrons. The zero-order valence-corrected chi connectivity index (χ0v) is 15.4. The van der Waals surface area contributed by atoms with Crippen molar-refractivity contribution in [1.29, 1.82) is 0 Å². The van der Waals surface area contributed by atoms with Gasteiger partial charge < -0.3 is 10.0 Å². The van der Waals surface area contributed by atoms with E-state index in [9.17, 15) is 9.50 Å². The van der Waals surface area contributed by atoms with Crippen LogP contribution in [0, 0.1) is 12.7 Å². The minimum Gasteiger partial charge on any atom is -0.391 e. The van der Waals surface area contributed by atoms with Gasteiger partial charge in [0.05, 0.1) is 11.8 Å². The van der Waals surface area contributed by atoms with Gasteiger partial charge in [0, 0.05) is 43.4 Å². The van der Waals surface area contributed by atoms with Crippen molar-refractivity contribution in [1.82, 2.24) is 4.90 Å². The third-order valence-corrected chi connectivity index (χ3v) is 5.65. The second kappa shape index (κ2) is 8.70. The van der Waals surface area contributed by atoms with Crippen LogP contribution in [0.15, 0.2) is 53.4 Å². The highest BCUT2D eigenvalue weighted by molar-refractivity contribution is 7.99. The van der Waals surface area contributed by atoms with Crippen LogP contribution in [-0.2, 0) is 0 Å². The highest BCUT2D eigenvalue weighted by atomic mass is 32.2. The van der Waals surface area contributed by atoms with Gasteiger partial charge in [-0.05, 0) is 31.2 Å². The summed E-state index contributed by atoms with van der Waals surface area (Å²) < 4.78 is 13.9. The van der Waals surface area contributed by atoms with Crippen molar-refractivity contribution in [2.75, 3.05) is 43.4 Å². The molecule has 1 saturated heterocycles. The molecule has 0 spiro atoms. The van der Waals surface area contributed by atoms with Gasteiger partial charge >= 0.3 is 0 Å². The number of piperazine rings is 1. The van der Waals surface area contributed by atoms with E-state index in [1.54, 1.807) is 17.8 Å². The number of hydrogen-bond donors (Lipinski definition) is 1. The molecular formula is C20H25FN2OS. The number of rotatable bonds is 6. The van der Waals surface area contributed by atoms with E-state index in [0.29, 0.717) is 18.0 Å². The zero-order valence-electron chi connectivity index (χ0n) is 14.6. The number of hydrogen-bond acceptors (Lipinski definition) is 4. The van der Waals surface area contributed by atoms with E-state index in [1.165, 1.54) is 16.5 Å².